The molecule has 0 spiro atoms. The maximum absolute atomic E-state index is 12.7. The number of carboxylic acid groups (broad SMARTS) is 1. The number of hydrogen-bond donors (Lipinski definition) is 0. The quantitative estimate of drug-likeness (QED) is 0.0270. The van der Waals surface area contributed by atoms with Gasteiger partial charge in [0.15, 0.2) is 6.10 Å². The van der Waals surface area contributed by atoms with Gasteiger partial charge in [0, 0.05) is 19.3 Å². The molecule has 0 radical (unpaired) electrons. The zero-order chi connectivity index (χ0) is 39.3. The zero-order valence-corrected chi connectivity index (χ0v) is 34.7. The summed E-state index contributed by atoms with van der Waals surface area (Å²) >= 11 is 0. The van der Waals surface area contributed by atoms with Crippen LogP contribution in [0.25, 0.3) is 0 Å². The van der Waals surface area contributed by atoms with Crippen LogP contribution in [0, 0.1) is 0 Å². The molecule has 0 bridgehead atoms. The van der Waals surface area contributed by atoms with E-state index in [0.717, 1.165) is 77.0 Å². The van der Waals surface area contributed by atoms with E-state index in [2.05, 4.69) is 62.5 Å². The minimum Gasteiger partial charge on any atom is -0.544 e. The Morgan fingerprint density at radius 2 is 1.06 bits per heavy atom. The lowest BCUT2D eigenvalue weighted by Crippen LogP contribution is -2.55. The highest BCUT2D eigenvalue weighted by Gasteiger charge is 2.25. The van der Waals surface area contributed by atoms with Gasteiger partial charge in [-0.2, -0.15) is 0 Å². The van der Waals surface area contributed by atoms with E-state index in [1.165, 1.54) is 57.8 Å². The van der Waals surface area contributed by atoms with Crippen LogP contribution >= 0.6 is 0 Å². The molecule has 0 aliphatic carbocycles. The molecule has 0 fully saturated rings. The van der Waals surface area contributed by atoms with Gasteiger partial charge in [0.2, 0.25) is 0 Å². The van der Waals surface area contributed by atoms with Crippen LogP contribution in [-0.4, -0.2) is 75.5 Å². The van der Waals surface area contributed by atoms with E-state index < -0.39 is 18.1 Å². The Bertz CT molecular complexity index is 1010. The second-order valence-corrected chi connectivity index (χ2v) is 15.2. The number of aliphatic carboxylic acids is 1. The van der Waals surface area contributed by atoms with Crippen LogP contribution in [0.5, 0.6) is 0 Å². The van der Waals surface area contributed by atoms with Crippen molar-refractivity contribution >= 4 is 17.9 Å². The molecule has 0 rings (SSSR count). The molecule has 0 aromatic heterocycles. The smallest absolute Gasteiger partial charge is 0.306 e. The Balaban J connectivity index is 4.41. The summed E-state index contributed by atoms with van der Waals surface area (Å²) in [4.78, 5) is 36.8. The first kappa shape index (κ1) is 50.3. The number of quaternary nitrogens is 1. The second kappa shape index (κ2) is 36.3. The van der Waals surface area contributed by atoms with Crippen LogP contribution in [0.1, 0.15) is 168 Å². The van der Waals surface area contributed by atoms with Crippen molar-refractivity contribution in [2.75, 3.05) is 41.0 Å². The summed E-state index contributed by atoms with van der Waals surface area (Å²) in [6, 6.07) is -0.732. The molecule has 0 aliphatic heterocycles. The number of carboxylic acids is 1. The highest BCUT2D eigenvalue weighted by atomic mass is 16.6. The fourth-order valence-electron chi connectivity index (χ4n) is 5.90. The molecule has 8 heteroatoms. The van der Waals surface area contributed by atoms with Crippen molar-refractivity contribution in [1.82, 2.24) is 0 Å². The minimum atomic E-state index is -1.13. The first-order valence-corrected chi connectivity index (χ1v) is 21.2. The third kappa shape index (κ3) is 34.8. The van der Waals surface area contributed by atoms with Crippen molar-refractivity contribution in [3.05, 3.63) is 48.6 Å². The fraction of sp³-hybridized carbons (Fsp3) is 0.756. The van der Waals surface area contributed by atoms with Crippen LogP contribution in [0.2, 0.25) is 0 Å². The van der Waals surface area contributed by atoms with Gasteiger partial charge in [-0.05, 0) is 70.6 Å². The van der Waals surface area contributed by atoms with Gasteiger partial charge in [0.1, 0.15) is 12.6 Å². The largest absolute Gasteiger partial charge is 0.544 e. The molecule has 306 valence electrons. The third-order valence-electron chi connectivity index (χ3n) is 9.20. The zero-order valence-electron chi connectivity index (χ0n) is 34.7. The van der Waals surface area contributed by atoms with Crippen molar-refractivity contribution in [2.45, 2.75) is 180 Å². The molecular formula is C45H79NO7. The Kier molecular flexibility index (Phi) is 34.4. The van der Waals surface area contributed by atoms with Gasteiger partial charge in [-0.3, -0.25) is 9.59 Å². The minimum absolute atomic E-state index is 0.0254. The third-order valence-corrected chi connectivity index (χ3v) is 9.20. The molecule has 2 unspecified atom stereocenters. The second-order valence-electron chi connectivity index (χ2n) is 15.2. The molecule has 0 amide bonds. The van der Waals surface area contributed by atoms with Crippen LogP contribution < -0.4 is 5.11 Å². The number of allylic oxidation sites excluding steroid dienone is 8. The van der Waals surface area contributed by atoms with Gasteiger partial charge in [0.05, 0.1) is 40.3 Å². The van der Waals surface area contributed by atoms with Crippen LogP contribution in [0.4, 0.5) is 0 Å². The molecule has 2 atom stereocenters. The molecule has 0 aromatic carbocycles. The molecule has 0 aliphatic rings. The van der Waals surface area contributed by atoms with Crippen LogP contribution in [0.15, 0.2) is 48.6 Å². The Hall–Kier alpha value is -2.71. The van der Waals surface area contributed by atoms with E-state index >= 15 is 0 Å². The van der Waals surface area contributed by atoms with Crippen molar-refractivity contribution in [1.29, 1.82) is 0 Å². The molecular weight excluding hydrogens is 666 g/mol. The van der Waals surface area contributed by atoms with Crippen LogP contribution in [0.3, 0.4) is 0 Å². The summed E-state index contributed by atoms with van der Waals surface area (Å²) in [6.45, 7) is 4.49. The number of ether oxygens (including phenoxy) is 3. The average Bonchev–Trinajstić information content (AvgIpc) is 3.11. The Morgan fingerprint density at radius 1 is 0.585 bits per heavy atom. The summed E-state index contributed by atoms with van der Waals surface area (Å²) in [6.07, 6.45) is 41.4. The van der Waals surface area contributed by atoms with Gasteiger partial charge in [-0.25, -0.2) is 0 Å². The van der Waals surface area contributed by atoms with Crippen LogP contribution in [-0.2, 0) is 28.6 Å². The van der Waals surface area contributed by atoms with Crippen molar-refractivity contribution < 1.29 is 38.2 Å². The predicted octanol–water partition coefficient (Wildman–Crippen LogP) is 9.91. The van der Waals surface area contributed by atoms with E-state index in [-0.39, 0.29) is 49.1 Å². The van der Waals surface area contributed by atoms with Crippen molar-refractivity contribution in [3.8, 4) is 0 Å². The number of nitrogens with zero attached hydrogens (tertiary/aromatic N) is 1. The normalized spacial score (nSPS) is 13.5. The summed E-state index contributed by atoms with van der Waals surface area (Å²) < 4.78 is 17.1. The molecule has 53 heavy (non-hydrogen) atoms. The summed E-state index contributed by atoms with van der Waals surface area (Å²) in [5.41, 5.74) is 0. The van der Waals surface area contributed by atoms with Crippen molar-refractivity contribution in [2.24, 2.45) is 0 Å². The monoisotopic (exact) mass is 746 g/mol. The molecule has 0 aromatic rings. The topological polar surface area (TPSA) is 102 Å². The summed E-state index contributed by atoms with van der Waals surface area (Å²) in [5, 5.41) is 11.6. The van der Waals surface area contributed by atoms with E-state index in [4.69, 9.17) is 14.2 Å². The van der Waals surface area contributed by atoms with E-state index in [0.29, 0.717) is 6.42 Å². The number of carbonyl (C=O) groups excluding carboxylic acids is 3. The van der Waals surface area contributed by atoms with E-state index in [1.54, 1.807) is 21.1 Å². The highest BCUT2D eigenvalue weighted by molar-refractivity contribution is 5.70. The number of likely N-dealkylation sites (N-methyl/N-ethyl adjacent to an activating group) is 1. The molecule has 0 heterocycles. The molecule has 0 saturated carbocycles. The number of esters is 2. The summed E-state index contributed by atoms with van der Waals surface area (Å²) in [5.74, 6) is -1.79. The number of carbonyl (C=O) groups is 3. The van der Waals surface area contributed by atoms with Gasteiger partial charge in [0.25, 0.3) is 0 Å². The highest BCUT2D eigenvalue weighted by Crippen LogP contribution is 2.13. The number of rotatable bonds is 37. The van der Waals surface area contributed by atoms with Gasteiger partial charge in [-0.15, -0.1) is 0 Å². The maximum atomic E-state index is 12.7. The molecule has 8 nitrogen and oxygen atoms in total. The first-order valence-electron chi connectivity index (χ1n) is 21.2. The van der Waals surface area contributed by atoms with E-state index in [9.17, 15) is 19.5 Å². The lowest BCUT2D eigenvalue weighted by atomic mass is 10.1. The number of hydrogen-bond acceptors (Lipinski definition) is 7. The van der Waals surface area contributed by atoms with Gasteiger partial charge >= 0.3 is 11.9 Å². The molecule has 0 N–H and O–H groups in total. The number of unbranched alkanes of at least 4 members (excludes halogenated alkanes) is 15. The standard InChI is InChI=1S/C45H79NO7/c1-6-8-10-12-14-16-18-20-21-22-24-25-27-29-31-33-35-43(47)52-40-41(39-51-38-37-42(45(49)50)46(3,4)5)53-44(48)36-34-32-30-28-26-23-19-17-15-13-11-9-7-2/h9,11,15,17,21-23,26,41-42H,6-8,10,12-14,16,18-20,24-25,27-40H2,1-5H3/b11-9-,17-15-,22-21-,26-23-. The SMILES string of the molecule is CC/C=C\C/C=C\C/C=C\CCCCCC(=O)OC(COCCC(C(=O)[O-])[N+](C)(C)C)COC(=O)CCCCCCC/C=C\CCCCCCCCC. The van der Waals surface area contributed by atoms with E-state index in [1.807, 2.05) is 0 Å². The fourth-order valence-corrected chi connectivity index (χ4v) is 5.90. The molecule has 0 saturated heterocycles. The lowest BCUT2D eigenvalue weighted by Gasteiger charge is -2.34. The van der Waals surface area contributed by atoms with Gasteiger partial charge < -0.3 is 28.6 Å². The van der Waals surface area contributed by atoms with Gasteiger partial charge in [-0.1, -0.05) is 127 Å². The Labute approximate surface area is 325 Å². The first-order chi connectivity index (χ1) is 25.6. The Morgan fingerprint density at radius 3 is 1.60 bits per heavy atom. The maximum Gasteiger partial charge on any atom is 0.306 e. The average molecular weight is 746 g/mol. The lowest BCUT2D eigenvalue weighted by molar-refractivity contribution is -0.889. The summed E-state index contributed by atoms with van der Waals surface area (Å²) in [7, 11) is 5.38. The van der Waals surface area contributed by atoms with Crippen molar-refractivity contribution in [3.63, 3.8) is 0 Å². The predicted molar refractivity (Wildman–Crippen MR) is 217 cm³/mol.